The van der Waals surface area contributed by atoms with Gasteiger partial charge in [-0.05, 0) is 36.9 Å². The molecule has 0 fully saturated rings. The van der Waals surface area contributed by atoms with Gasteiger partial charge in [-0.25, -0.2) is 0 Å². The van der Waals surface area contributed by atoms with E-state index in [1.807, 2.05) is 30.5 Å². The third-order valence-electron chi connectivity index (χ3n) is 2.01. The van der Waals surface area contributed by atoms with Crippen LogP contribution in [0.25, 0.3) is 6.08 Å². The van der Waals surface area contributed by atoms with Crippen LogP contribution in [0.3, 0.4) is 0 Å². The van der Waals surface area contributed by atoms with Crippen LogP contribution >= 0.6 is 0 Å². The molecule has 1 N–H and O–H groups in total. The lowest BCUT2D eigenvalue weighted by molar-refractivity contribution is 0.355. The van der Waals surface area contributed by atoms with Crippen LogP contribution < -0.4 is 14.8 Å². The molecule has 1 rings (SSSR count). The van der Waals surface area contributed by atoms with Crippen LogP contribution in [-0.4, -0.2) is 20.8 Å². The lowest BCUT2D eigenvalue weighted by Gasteiger charge is -2.07. The smallest absolute Gasteiger partial charge is 0.161 e. The first-order valence-corrected chi connectivity index (χ1v) is 4.93. The van der Waals surface area contributed by atoms with Crippen LogP contribution in [0.2, 0.25) is 0 Å². The quantitative estimate of drug-likeness (QED) is 0.803. The van der Waals surface area contributed by atoms with Gasteiger partial charge in [-0.1, -0.05) is 6.07 Å². The molecule has 0 radical (unpaired) electrons. The van der Waals surface area contributed by atoms with Gasteiger partial charge in [0.15, 0.2) is 11.5 Å². The Bertz CT molecular complexity index is 334. The van der Waals surface area contributed by atoms with Crippen molar-refractivity contribution in [1.82, 2.24) is 5.32 Å². The summed E-state index contributed by atoms with van der Waals surface area (Å²) in [6.07, 6.45) is 3.91. The number of nitrogens with one attached hydrogen (secondary N) is 1. The first kappa shape index (κ1) is 11.4. The second kappa shape index (κ2) is 5.96. The SMILES string of the molecule is CCNC=Cc1ccc(OC)c(OC)c1. The fraction of sp³-hybridized carbons (Fsp3) is 0.333. The first-order chi connectivity index (χ1) is 7.31. The zero-order valence-corrected chi connectivity index (χ0v) is 9.41. The van der Waals surface area contributed by atoms with E-state index in [-0.39, 0.29) is 0 Å². The molecule has 0 aliphatic heterocycles. The van der Waals surface area contributed by atoms with Gasteiger partial charge in [-0.15, -0.1) is 0 Å². The molecule has 0 spiro atoms. The zero-order chi connectivity index (χ0) is 11.1. The molecule has 0 atom stereocenters. The van der Waals surface area contributed by atoms with Gasteiger partial charge < -0.3 is 14.8 Å². The summed E-state index contributed by atoms with van der Waals surface area (Å²) in [6.45, 7) is 2.97. The second-order valence-corrected chi connectivity index (χ2v) is 3.01. The Hall–Kier alpha value is -1.64. The molecular weight excluding hydrogens is 190 g/mol. The van der Waals surface area contributed by atoms with Crippen LogP contribution in [0, 0.1) is 0 Å². The highest BCUT2D eigenvalue weighted by molar-refractivity contribution is 5.55. The average molecular weight is 207 g/mol. The number of benzene rings is 1. The molecule has 1 aromatic carbocycles. The van der Waals surface area contributed by atoms with Crippen LogP contribution in [0.1, 0.15) is 12.5 Å². The molecule has 0 unspecified atom stereocenters. The normalized spacial score (nSPS) is 10.3. The summed E-state index contributed by atoms with van der Waals surface area (Å²) in [7, 11) is 3.27. The molecule has 3 heteroatoms. The van der Waals surface area contributed by atoms with Crippen LogP contribution in [0.4, 0.5) is 0 Å². The van der Waals surface area contributed by atoms with Crippen LogP contribution in [-0.2, 0) is 0 Å². The Balaban J connectivity index is 2.83. The standard InChI is InChI=1S/C12H17NO2/c1-4-13-8-7-10-5-6-11(14-2)12(9-10)15-3/h5-9,13H,4H2,1-3H3. The minimum absolute atomic E-state index is 0.746. The van der Waals surface area contributed by atoms with Gasteiger partial charge in [-0.2, -0.15) is 0 Å². The van der Waals surface area contributed by atoms with E-state index in [4.69, 9.17) is 9.47 Å². The maximum atomic E-state index is 5.20. The number of methoxy groups -OCH3 is 2. The Kier molecular flexibility index (Phi) is 4.54. The van der Waals surface area contributed by atoms with Gasteiger partial charge in [0, 0.05) is 6.54 Å². The van der Waals surface area contributed by atoms with E-state index in [1.165, 1.54) is 0 Å². The highest BCUT2D eigenvalue weighted by atomic mass is 16.5. The predicted octanol–water partition coefficient (Wildman–Crippen LogP) is 2.28. The summed E-state index contributed by atoms with van der Waals surface area (Å²) in [5.41, 5.74) is 1.08. The van der Waals surface area contributed by atoms with Crippen molar-refractivity contribution in [3.05, 3.63) is 30.0 Å². The lowest BCUT2D eigenvalue weighted by atomic mass is 10.2. The third kappa shape index (κ3) is 3.20. The summed E-state index contributed by atoms with van der Waals surface area (Å²) in [5.74, 6) is 1.49. The second-order valence-electron chi connectivity index (χ2n) is 3.01. The van der Waals surface area contributed by atoms with Crippen LogP contribution in [0.15, 0.2) is 24.4 Å². The number of hydrogen-bond acceptors (Lipinski definition) is 3. The van der Waals surface area contributed by atoms with Gasteiger partial charge in [0.25, 0.3) is 0 Å². The largest absolute Gasteiger partial charge is 0.493 e. The van der Waals surface area contributed by atoms with Crippen molar-refractivity contribution in [3.63, 3.8) is 0 Å². The Morgan fingerprint density at radius 2 is 1.93 bits per heavy atom. The maximum Gasteiger partial charge on any atom is 0.161 e. The van der Waals surface area contributed by atoms with E-state index >= 15 is 0 Å². The molecular formula is C12H17NO2. The number of hydrogen-bond donors (Lipinski definition) is 1. The minimum Gasteiger partial charge on any atom is -0.493 e. The van der Waals surface area contributed by atoms with Crippen LogP contribution in [0.5, 0.6) is 11.5 Å². The maximum absolute atomic E-state index is 5.20. The third-order valence-corrected chi connectivity index (χ3v) is 2.01. The van der Waals surface area contributed by atoms with Gasteiger partial charge in [0.05, 0.1) is 14.2 Å². The van der Waals surface area contributed by atoms with E-state index in [9.17, 15) is 0 Å². The molecule has 0 aliphatic rings. The van der Waals surface area contributed by atoms with Crippen molar-refractivity contribution in [2.24, 2.45) is 0 Å². The Morgan fingerprint density at radius 3 is 2.53 bits per heavy atom. The molecule has 15 heavy (non-hydrogen) atoms. The van der Waals surface area contributed by atoms with Crippen molar-refractivity contribution in [2.75, 3.05) is 20.8 Å². The Labute approximate surface area is 90.7 Å². The molecule has 0 amide bonds. The average Bonchev–Trinajstić information content (AvgIpc) is 2.29. The molecule has 0 saturated heterocycles. The van der Waals surface area contributed by atoms with E-state index in [0.29, 0.717) is 0 Å². The van der Waals surface area contributed by atoms with Gasteiger partial charge >= 0.3 is 0 Å². The van der Waals surface area contributed by atoms with Crippen molar-refractivity contribution in [2.45, 2.75) is 6.92 Å². The molecule has 1 aromatic rings. The summed E-state index contributed by atoms with van der Waals surface area (Å²) in [4.78, 5) is 0. The number of rotatable bonds is 5. The van der Waals surface area contributed by atoms with Crippen molar-refractivity contribution >= 4 is 6.08 Å². The van der Waals surface area contributed by atoms with Crippen molar-refractivity contribution in [3.8, 4) is 11.5 Å². The molecule has 0 aliphatic carbocycles. The predicted molar refractivity (Wildman–Crippen MR) is 62.3 cm³/mol. The topological polar surface area (TPSA) is 30.5 Å². The fourth-order valence-electron chi connectivity index (χ4n) is 1.23. The summed E-state index contributed by atoms with van der Waals surface area (Å²) in [6, 6.07) is 5.81. The number of ether oxygens (including phenoxy) is 2. The highest BCUT2D eigenvalue weighted by Crippen LogP contribution is 2.27. The van der Waals surface area contributed by atoms with E-state index in [2.05, 4.69) is 12.2 Å². The van der Waals surface area contributed by atoms with Gasteiger partial charge in [0.1, 0.15) is 0 Å². The molecule has 0 aromatic heterocycles. The summed E-state index contributed by atoms with van der Waals surface area (Å²) in [5, 5.41) is 3.11. The first-order valence-electron chi connectivity index (χ1n) is 4.93. The molecule has 0 heterocycles. The highest BCUT2D eigenvalue weighted by Gasteiger charge is 2.01. The van der Waals surface area contributed by atoms with E-state index < -0.39 is 0 Å². The monoisotopic (exact) mass is 207 g/mol. The fourth-order valence-corrected chi connectivity index (χ4v) is 1.23. The summed E-state index contributed by atoms with van der Waals surface area (Å²) < 4.78 is 10.4. The zero-order valence-electron chi connectivity index (χ0n) is 9.41. The van der Waals surface area contributed by atoms with Gasteiger partial charge in [0.2, 0.25) is 0 Å². The van der Waals surface area contributed by atoms with Crippen molar-refractivity contribution in [1.29, 1.82) is 0 Å². The molecule has 82 valence electrons. The van der Waals surface area contributed by atoms with E-state index in [0.717, 1.165) is 23.6 Å². The molecule has 0 bridgehead atoms. The van der Waals surface area contributed by atoms with Gasteiger partial charge in [-0.3, -0.25) is 0 Å². The Morgan fingerprint density at radius 1 is 1.20 bits per heavy atom. The van der Waals surface area contributed by atoms with Crippen molar-refractivity contribution < 1.29 is 9.47 Å². The van der Waals surface area contributed by atoms with E-state index in [1.54, 1.807) is 14.2 Å². The molecule has 3 nitrogen and oxygen atoms in total. The molecule has 0 saturated carbocycles. The minimum atomic E-state index is 0.746. The lowest BCUT2D eigenvalue weighted by Crippen LogP contribution is -2.01. The summed E-state index contributed by atoms with van der Waals surface area (Å²) >= 11 is 0.